The second kappa shape index (κ2) is 8.76. The zero-order valence-electron chi connectivity index (χ0n) is 11.9. The molecule has 0 rings (SSSR count). The number of hydrogen-bond donors (Lipinski definition) is 1. The van der Waals surface area contributed by atoms with Crippen LogP contribution in [0.1, 0.15) is 59.8 Å². The highest BCUT2D eigenvalue weighted by atomic mass is 16.6. The Balaban J connectivity index is 3.61. The highest BCUT2D eigenvalue weighted by molar-refractivity contribution is 5.67. The topological polar surface area (TPSA) is 55.4 Å². The van der Waals surface area contributed by atoms with Crippen molar-refractivity contribution in [1.82, 2.24) is 5.32 Å². The minimum Gasteiger partial charge on any atom is -0.444 e. The van der Waals surface area contributed by atoms with E-state index < -0.39 is 5.60 Å². The van der Waals surface area contributed by atoms with Gasteiger partial charge >= 0.3 is 6.09 Å². The molecule has 4 heteroatoms. The number of rotatable bonds is 7. The first-order valence-corrected chi connectivity index (χ1v) is 6.54. The van der Waals surface area contributed by atoms with Crippen LogP contribution in [0.15, 0.2) is 6.08 Å². The van der Waals surface area contributed by atoms with Gasteiger partial charge in [-0.3, -0.25) is 0 Å². The number of ether oxygens (including phenoxy) is 1. The predicted molar refractivity (Wildman–Crippen MR) is 72.2 cm³/mol. The summed E-state index contributed by atoms with van der Waals surface area (Å²) >= 11 is 0. The summed E-state index contributed by atoms with van der Waals surface area (Å²) < 4.78 is 5.17. The van der Waals surface area contributed by atoms with Gasteiger partial charge < -0.3 is 10.1 Å². The molecule has 0 heterocycles. The molecular weight excluding hydrogens is 230 g/mol. The average Bonchev–Trinajstić information content (AvgIpc) is 2.20. The molecule has 18 heavy (non-hydrogen) atoms. The number of allylic oxidation sites excluding steroid dienone is 1. The van der Waals surface area contributed by atoms with Gasteiger partial charge in [0.2, 0.25) is 0 Å². The molecule has 4 nitrogen and oxygen atoms in total. The van der Waals surface area contributed by atoms with E-state index in [1.807, 2.05) is 27.7 Å². The Morgan fingerprint density at radius 1 is 1.33 bits per heavy atom. The smallest absolute Gasteiger partial charge is 0.407 e. The molecule has 0 aliphatic carbocycles. The maximum Gasteiger partial charge on any atom is 0.407 e. The molecule has 1 amide bonds. The highest BCUT2D eigenvalue weighted by Crippen LogP contribution is 2.09. The molecule has 0 fully saturated rings. The lowest BCUT2D eigenvalue weighted by Crippen LogP contribution is -2.37. The summed E-state index contributed by atoms with van der Waals surface area (Å²) in [5, 5.41) is 2.81. The molecule has 1 N–H and O–H groups in total. The molecule has 0 saturated heterocycles. The van der Waals surface area contributed by atoms with Crippen molar-refractivity contribution in [3.63, 3.8) is 0 Å². The van der Waals surface area contributed by atoms with E-state index in [1.165, 1.54) is 6.08 Å². The second-order valence-electron chi connectivity index (χ2n) is 5.51. The first-order valence-electron chi connectivity index (χ1n) is 6.54. The summed E-state index contributed by atoms with van der Waals surface area (Å²) in [7, 11) is 0. The van der Waals surface area contributed by atoms with Gasteiger partial charge in [0.05, 0.1) is 0 Å². The van der Waals surface area contributed by atoms with Gasteiger partial charge in [0.25, 0.3) is 0 Å². The maximum atomic E-state index is 11.5. The van der Waals surface area contributed by atoms with E-state index >= 15 is 0 Å². The lowest BCUT2D eigenvalue weighted by atomic mass is 10.1. The normalized spacial score (nSPS) is 12.4. The molecule has 104 valence electrons. The van der Waals surface area contributed by atoms with Gasteiger partial charge in [-0.05, 0) is 53.0 Å². The second-order valence-corrected chi connectivity index (χ2v) is 5.51. The fourth-order valence-electron chi connectivity index (χ4n) is 1.51. The van der Waals surface area contributed by atoms with E-state index in [1.54, 1.807) is 5.94 Å². The Kier molecular flexibility index (Phi) is 8.14. The van der Waals surface area contributed by atoms with Gasteiger partial charge in [-0.2, -0.15) is 0 Å². The van der Waals surface area contributed by atoms with Gasteiger partial charge in [-0.25, -0.2) is 9.59 Å². The predicted octanol–water partition coefficient (Wildman–Crippen LogP) is 3.24. The van der Waals surface area contributed by atoms with Crippen molar-refractivity contribution < 1.29 is 14.3 Å². The first kappa shape index (κ1) is 16.7. The molecule has 0 aliphatic rings. The van der Waals surface area contributed by atoms with Gasteiger partial charge in [0.1, 0.15) is 11.5 Å². The van der Waals surface area contributed by atoms with Crippen molar-refractivity contribution in [2.75, 3.05) is 0 Å². The first-order chi connectivity index (χ1) is 8.35. The van der Waals surface area contributed by atoms with Crippen molar-refractivity contribution in [2.45, 2.75) is 71.4 Å². The highest BCUT2D eigenvalue weighted by Gasteiger charge is 2.17. The van der Waals surface area contributed by atoms with E-state index in [0.29, 0.717) is 0 Å². The Morgan fingerprint density at radius 2 is 2.00 bits per heavy atom. The standard InChI is InChI=1S/C14H25NO3/c1-12(10-8-6-5-7-9-11-16)15-13(17)18-14(2,3)4/h9,12H,5-8,10H2,1-4H3,(H,15,17). The van der Waals surface area contributed by atoms with Crippen LogP contribution in [0.3, 0.4) is 0 Å². The van der Waals surface area contributed by atoms with Crippen molar-refractivity contribution in [3.8, 4) is 0 Å². The fourth-order valence-corrected chi connectivity index (χ4v) is 1.51. The minimum absolute atomic E-state index is 0.112. The zero-order valence-corrected chi connectivity index (χ0v) is 11.9. The van der Waals surface area contributed by atoms with E-state index in [4.69, 9.17) is 4.74 Å². The van der Waals surface area contributed by atoms with E-state index in [2.05, 4.69) is 5.32 Å². The molecule has 1 atom stereocenters. The van der Waals surface area contributed by atoms with Crippen LogP contribution in [0.5, 0.6) is 0 Å². The Bertz CT molecular complexity index is 288. The molecule has 0 saturated carbocycles. The number of alkyl carbamates (subject to hydrolysis) is 1. The van der Waals surface area contributed by atoms with Gasteiger partial charge in [0, 0.05) is 6.04 Å². The Labute approximate surface area is 110 Å². The molecule has 1 unspecified atom stereocenters. The van der Waals surface area contributed by atoms with Crippen molar-refractivity contribution in [2.24, 2.45) is 0 Å². The number of carbonyl (C=O) groups is 1. The zero-order chi connectivity index (χ0) is 14.0. The van der Waals surface area contributed by atoms with E-state index in [-0.39, 0.29) is 12.1 Å². The molecule has 0 bridgehead atoms. The molecular formula is C14H25NO3. The van der Waals surface area contributed by atoms with Crippen molar-refractivity contribution in [1.29, 1.82) is 0 Å². The van der Waals surface area contributed by atoms with E-state index in [9.17, 15) is 9.59 Å². The van der Waals surface area contributed by atoms with Gasteiger partial charge in [-0.15, -0.1) is 0 Å². The van der Waals surface area contributed by atoms with Gasteiger partial charge in [-0.1, -0.05) is 12.8 Å². The van der Waals surface area contributed by atoms with Crippen LogP contribution in [0.2, 0.25) is 0 Å². The van der Waals surface area contributed by atoms with Crippen LogP contribution in [0, 0.1) is 0 Å². The largest absolute Gasteiger partial charge is 0.444 e. The van der Waals surface area contributed by atoms with Gasteiger partial charge in [0.15, 0.2) is 0 Å². The Morgan fingerprint density at radius 3 is 2.56 bits per heavy atom. The number of amides is 1. The molecule has 0 aromatic rings. The quantitative estimate of drug-likeness (QED) is 0.561. The number of nitrogens with one attached hydrogen (secondary N) is 1. The van der Waals surface area contributed by atoms with Crippen molar-refractivity contribution in [3.05, 3.63) is 6.08 Å². The van der Waals surface area contributed by atoms with Crippen LogP contribution in [-0.4, -0.2) is 23.7 Å². The maximum absolute atomic E-state index is 11.5. The van der Waals surface area contributed by atoms with Crippen LogP contribution < -0.4 is 5.32 Å². The van der Waals surface area contributed by atoms with Crippen LogP contribution in [-0.2, 0) is 9.53 Å². The molecule has 0 aliphatic heterocycles. The molecule has 0 radical (unpaired) electrons. The Hall–Kier alpha value is -1.28. The summed E-state index contributed by atoms with van der Waals surface area (Å²) in [6.07, 6.45) is 5.94. The summed E-state index contributed by atoms with van der Waals surface area (Å²) in [4.78, 5) is 21.4. The van der Waals surface area contributed by atoms with Crippen LogP contribution >= 0.6 is 0 Å². The van der Waals surface area contributed by atoms with E-state index in [0.717, 1.165) is 32.1 Å². The third kappa shape index (κ3) is 11.2. The monoisotopic (exact) mass is 255 g/mol. The SMILES string of the molecule is CC(CCCCCC=C=O)NC(=O)OC(C)(C)C. The molecule has 0 aromatic heterocycles. The third-order valence-electron chi connectivity index (χ3n) is 2.33. The summed E-state index contributed by atoms with van der Waals surface area (Å²) in [6, 6.07) is 0.112. The summed E-state index contributed by atoms with van der Waals surface area (Å²) in [5.74, 6) is 1.77. The van der Waals surface area contributed by atoms with Crippen LogP contribution in [0.25, 0.3) is 0 Å². The fraction of sp³-hybridized carbons (Fsp3) is 0.786. The number of hydrogen-bond acceptors (Lipinski definition) is 3. The number of unbranched alkanes of at least 4 members (excludes halogenated alkanes) is 3. The lowest BCUT2D eigenvalue weighted by Gasteiger charge is -2.21. The van der Waals surface area contributed by atoms with Crippen molar-refractivity contribution >= 4 is 12.0 Å². The third-order valence-corrected chi connectivity index (χ3v) is 2.33. The van der Waals surface area contributed by atoms with Crippen LogP contribution in [0.4, 0.5) is 4.79 Å². The number of carbonyl (C=O) groups excluding carboxylic acids is 2. The minimum atomic E-state index is -0.453. The average molecular weight is 255 g/mol. The molecule has 0 aromatic carbocycles. The lowest BCUT2D eigenvalue weighted by molar-refractivity contribution is 0.0506. The molecule has 0 spiro atoms. The summed E-state index contributed by atoms with van der Waals surface area (Å²) in [6.45, 7) is 7.50. The summed E-state index contributed by atoms with van der Waals surface area (Å²) in [5.41, 5.74) is -0.453.